The van der Waals surface area contributed by atoms with Gasteiger partial charge in [-0.25, -0.2) is 9.78 Å². The zero-order valence-corrected chi connectivity index (χ0v) is 14.8. The summed E-state index contributed by atoms with van der Waals surface area (Å²) in [6, 6.07) is 0.281. The van der Waals surface area contributed by atoms with E-state index in [-0.39, 0.29) is 12.1 Å². The van der Waals surface area contributed by atoms with Crippen LogP contribution in [0.3, 0.4) is 0 Å². The van der Waals surface area contributed by atoms with E-state index in [1.165, 1.54) is 0 Å². The molecule has 1 fully saturated rings. The summed E-state index contributed by atoms with van der Waals surface area (Å²) in [7, 11) is 0. The Morgan fingerprint density at radius 3 is 2.96 bits per heavy atom. The van der Waals surface area contributed by atoms with E-state index in [2.05, 4.69) is 21.8 Å². The maximum Gasteiger partial charge on any atom is 0.410 e. The van der Waals surface area contributed by atoms with Crippen molar-refractivity contribution >= 4 is 6.09 Å². The number of aryl methyl sites for hydroxylation is 1. The number of imidazole rings is 1. The summed E-state index contributed by atoms with van der Waals surface area (Å²) in [6.07, 6.45) is 6.72. The summed E-state index contributed by atoms with van der Waals surface area (Å²) < 4.78 is 7.64. The van der Waals surface area contributed by atoms with Crippen molar-refractivity contribution in [2.45, 2.75) is 71.7 Å². The first kappa shape index (κ1) is 17.8. The van der Waals surface area contributed by atoms with Crippen LogP contribution in [0.5, 0.6) is 0 Å². The maximum atomic E-state index is 12.2. The quantitative estimate of drug-likeness (QED) is 0.818. The van der Waals surface area contributed by atoms with Gasteiger partial charge in [-0.15, -0.1) is 0 Å². The lowest BCUT2D eigenvalue weighted by molar-refractivity contribution is 0.0220. The number of ether oxygens (including phenoxy) is 1. The number of nitrogens with one attached hydrogen (secondary N) is 1. The standard InChI is InChI=1S/C17H30N4O2/c1-5-20-12-10-19-15(20)13-18-9-8-14-7-6-11-21(14)16(22)23-17(2,3)4/h10,12,14,18H,5-9,11,13H2,1-4H3. The summed E-state index contributed by atoms with van der Waals surface area (Å²) >= 11 is 0. The van der Waals surface area contributed by atoms with Gasteiger partial charge in [-0.1, -0.05) is 0 Å². The minimum atomic E-state index is -0.431. The van der Waals surface area contributed by atoms with E-state index in [0.29, 0.717) is 0 Å². The van der Waals surface area contributed by atoms with E-state index in [4.69, 9.17) is 4.74 Å². The fourth-order valence-electron chi connectivity index (χ4n) is 2.96. The Kier molecular flexibility index (Phi) is 6.04. The van der Waals surface area contributed by atoms with Crippen molar-refractivity contribution in [2.75, 3.05) is 13.1 Å². The van der Waals surface area contributed by atoms with Crippen LogP contribution < -0.4 is 5.32 Å². The van der Waals surface area contributed by atoms with Crippen LogP contribution in [-0.2, 0) is 17.8 Å². The molecule has 0 aromatic carbocycles. The van der Waals surface area contributed by atoms with Gasteiger partial charge in [0.2, 0.25) is 0 Å². The van der Waals surface area contributed by atoms with Gasteiger partial charge in [-0.2, -0.15) is 0 Å². The topological polar surface area (TPSA) is 59.4 Å². The number of hydrogen-bond acceptors (Lipinski definition) is 4. The molecule has 1 N–H and O–H groups in total. The lowest BCUT2D eigenvalue weighted by Gasteiger charge is -2.28. The molecule has 1 saturated heterocycles. The van der Waals surface area contributed by atoms with Crippen molar-refractivity contribution < 1.29 is 9.53 Å². The maximum absolute atomic E-state index is 12.2. The monoisotopic (exact) mass is 322 g/mol. The molecule has 2 heterocycles. The van der Waals surface area contributed by atoms with Crippen LogP contribution in [0.4, 0.5) is 4.79 Å². The van der Waals surface area contributed by atoms with Gasteiger partial charge < -0.3 is 19.5 Å². The number of nitrogens with zero attached hydrogens (tertiary/aromatic N) is 3. The highest BCUT2D eigenvalue weighted by Gasteiger charge is 2.31. The molecule has 130 valence electrons. The fraction of sp³-hybridized carbons (Fsp3) is 0.765. The van der Waals surface area contributed by atoms with E-state index in [1.807, 2.05) is 38.1 Å². The second kappa shape index (κ2) is 7.81. The first-order valence-corrected chi connectivity index (χ1v) is 8.61. The number of carbonyl (C=O) groups is 1. The van der Waals surface area contributed by atoms with Crippen molar-refractivity contribution in [3.05, 3.63) is 18.2 Å². The molecule has 6 heteroatoms. The summed E-state index contributed by atoms with van der Waals surface area (Å²) in [5.41, 5.74) is -0.431. The minimum Gasteiger partial charge on any atom is -0.444 e. The predicted octanol–water partition coefficient (Wildman–Crippen LogP) is 2.78. The number of amides is 1. The molecule has 0 saturated carbocycles. The van der Waals surface area contributed by atoms with E-state index >= 15 is 0 Å². The highest BCUT2D eigenvalue weighted by molar-refractivity contribution is 5.68. The second-order valence-corrected chi connectivity index (χ2v) is 7.06. The normalized spacial score (nSPS) is 18.4. The third-order valence-corrected chi connectivity index (χ3v) is 4.08. The number of aromatic nitrogens is 2. The lowest BCUT2D eigenvalue weighted by Crippen LogP contribution is -2.40. The smallest absolute Gasteiger partial charge is 0.410 e. The van der Waals surface area contributed by atoms with Gasteiger partial charge >= 0.3 is 6.09 Å². The van der Waals surface area contributed by atoms with Gasteiger partial charge in [0.15, 0.2) is 0 Å². The molecule has 1 amide bonds. The molecule has 1 aliphatic heterocycles. The Morgan fingerprint density at radius 2 is 2.26 bits per heavy atom. The molecule has 0 radical (unpaired) electrons. The molecule has 23 heavy (non-hydrogen) atoms. The number of rotatable bonds is 6. The van der Waals surface area contributed by atoms with Crippen molar-refractivity contribution in [2.24, 2.45) is 0 Å². The number of hydrogen-bond donors (Lipinski definition) is 1. The first-order valence-electron chi connectivity index (χ1n) is 8.61. The molecule has 2 rings (SSSR count). The molecule has 0 spiro atoms. The third-order valence-electron chi connectivity index (χ3n) is 4.08. The third kappa shape index (κ3) is 5.23. The van der Waals surface area contributed by atoms with Gasteiger partial charge in [-0.3, -0.25) is 0 Å². The fourth-order valence-corrected chi connectivity index (χ4v) is 2.96. The van der Waals surface area contributed by atoms with E-state index < -0.39 is 5.60 Å². The molecule has 0 aliphatic carbocycles. The van der Waals surface area contributed by atoms with Gasteiger partial charge in [-0.05, 0) is 53.5 Å². The predicted molar refractivity (Wildman–Crippen MR) is 90.2 cm³/mol. The lowest BCUT2D eigenvalue weighted by atomic mass is 10.1. The largest absolute Gasteiger partial charge is 0.444 e. The number of carbonyl (C=O) groups excluding carboxylic acids is 1. The Bertz CT molecular complexity index is 507. The van der Waals surface area contributed by atoms with Gasteiger partial charge in [0.05, 0.1) is 6.54 Å². The zero-order chi connectivity index (χ0) is 16.9. The highest BCUT2D eigenvalue weighted by Crippen LogP contribution is 2.22. The average molecular weight is 322 g/mol. The van der Waals surface area contributed by atoms with Crippen molar-refractivity contribution in [3.63, 3.8) is 0 Å². The molecule has 1 aromatic rings. The summed E-state index contributed by atoms with van der Waals surface area (Å²) in [6.45, 7) is 11.2. The van der Waals surface area contributed by atoms with Crippen molar-refractivity contribution in [1.82, 2.24) is 19.8 Å². The zero-order valence-electron chi connectivity index (χ0n) is 14.8. The highest BCUT2D eigenvalue weighted by atomic mass is 16.6. The van der Waals surface area contributed by atoms with Crippen LogP contribution in [0.25, 0.3) is 0 Å². The van der Waals surface area contributed by atoms with E-state index in [9.17, 15) is 4.79 Å². The van der Waals surface area contributed by atoms with Crippen LogP contribution >= 0.6 is 0 Å². The molecule has 6 nitrogen and oxygen atoms in total. The van der Waals surface area contributed by atoms with E-state index in [1.54, 1.807) is 0 Å². The first-order chi connectivity index (χ1) is 10.9. The van der Waals surface area contributed by atoms with Crippen LogP contribution in [0.15, 0.2) is 12.4 Å². The minimum absolute atomic E-state index is 0.179. The summed E-state index contributed by atoms with van der Waals surface area (Å²) in [5, 5.41) is 3.44. The van der Waals surface area contributed by atoms with E-state index in [0.717, 1.165) is 51.3 Å². The Balaban J connectivity index is 1.75. The average Bonchev–Trinajstić information content (AvgIpc) is 3.10. The molecule has 1 atom stereocenters. The molecular weight excluding hydrogens is 292 g/mol. The SMILES string of the molecule is CCn1ccnc1CNCCC1CCCN1C(=O)OC(C)(C)C. The van der Waals surface area contributed by atoms with Crippen LogP contribution in [0, 0.1) is 0 Å². The number of likely N-dealkylation sites (tertiary alicyclic amines) is 1. The summed E-state index contributed by atoms with van der Waals surface area (Å²) in [4.78, 5) is 18.5. The molecule has 1 aromatic heterocycles. The second-order valence-electron chi connectivity index (χ2n) is 7.06. The molecule has 1 unspecified atom stereocenters. The Labute approximate surface area is 139 Å². The Morgan fingerprint density at radius 1 is 1.48 bits per heavy atom. The van der Waals surface area contributed by atoms with Gasteiger partial charge in [0.1, 0.15) is 11.4 Å². The van der Waals surface area contributed by atoms with Crippen LogP contribution in [0.1, 0.15) is 52.8 Å². The van der Waals surface area contributed by atoms with Gasteiger partial charge in [0, 0.05) is 31.5 Å². The van der Waals surface area contributed by atoms with Crippen molar-refractivity contribution in [3.8, 4) is 0 Å². The molecule has 0 bridgehead atoms. The van der Waals surface area contributed by atoms with Crippen LogP contribution in [0.2, 0.25) is 0 Å². The molecular formula is C17H30N4O2. The van der Waals surface area contributed by atoms with Gasteiger partial charge in [0.25, 0.3) is 0 Å². The molecule has 1 aliphatic rings. The van der Waals surface area contributed by atoms with Crippen LogP contribution in [-0.4, -0.2) is 45.3 Å². The van der Waals surface area contributed by atoms with Crippen molar-refractivity contribution in [1.29, 1.82) is 0 Å². The Hall–Kier alpha value is -1.56. The summed E-state index contributed by atoms with van der Waals surface area (Å²) in [5.74, 6) is 1.06.